The lowest BCUT2D eigenvalue weighted by atomic mass is 9.99. The van der Waals surface area contributed by atoms with Gasteiger partial charge in [-0.15, -0.1) is 0 Å². The molecule has 0 radical (unpaired) electrons. The Morgan fingerprint density at radius 3 is 2.41 bits per heavy atom. The van der Waals surface area contributed by atoms with Crippen LogP contribution in [0.2, 0.25) is 0 Å². The summed E-state index contributed by atoms with van der Waals surface area (Å²) in [4.78, 5) is 31.9. The first-order valence-corrected chi connectivity index (χ1v) is 13.3. The molecule has 204 valence electrons. The van der Waals surface area contributed by atoms with Crippen molar-refractivity contribution in [3.63, 3.8) is 0 Å². The van der Waals surface area contributed by atoms with E-state index in [1.54, 1.807) is 25.1 Å². The van der Waals surface area contributed by atoms with Gasteiger partial charge in [0.25, 0.3) is 5.91 Å². The Morgan fingerprint density at radius 2 is 1.72 bits per heavy atom. The van der Waals surface area contributed by atoms with Crippen molar-refractivity contribution in [2.75, 3.05) is 65.1 Å². The molecule has 2 aliphatic heterocycles. The lowest BCUT2D eigenvalue weighted by Crippen LogP contribution is -2.48. The molecule has 3 aromatic carbocycles. The number of methoxy groups -OCH3 is 1. The van der Waals surface area contributed by atoms with E-state index >= 15 is 0 Å². The molecule has 0 bridgehead atoms. The predicted molar refractivity (Wildman–Crippen MR) is 150 cm³/mol. The predicted octanol–water partition coefficient (Wildman–Crippen LogP) is 3.93. The minimum atomic E-state index is -0.253. The highest BCUT2D eigenvalue weighted by Gasteiger charge is 2.31. The van der Waals surface area contributed by atoms with Crippen LogP contribution in [-0.4, -0.2) is 81.8 Å². The van der Waals surface area contributed by atoms with Crippen molar-refractivity contribution >= 4 is 17.5 Å². The van der Waals surface area contributed by atoms with Crippen LogP contribution in [0.1, 0.15) is 17.2 Å². The third-order valence-corrected chi connectivity index (χ3v) is 7.47. The van der Waals surface area contributed by atoms with Gasteiger partial charge in [0.1, 0.15) is 18.0 Å². The molecule has 1 saturated heterocycles. The highest BCUT2D eigenvalue weighted by atomic mass is 16.5. The van der Waals surface area contributed by atoms with Gasteiger partial charge in [0.05, 0.1) is 32.1 Å². The summed E-state index contributed by atoms with van der Waals surface area (Å²) in [5.74, 6) is 0.823. The van der Waals surface area contributed by atoms with Gasteiger partial charge in [0.2, 0.25) is 5.91 Å². The van der Waals surface area contributed by atoms with E-state index in [2.05, 4.69) is 41.3 Å². The maximum absolute atomic E-state index is 13.5. The van der Waals surface area contributed by atoms with Crippen LogP contribution < -0.4 is 14.4 Å². The SMILES string of the molecule is COc1cc2c(cc1C)OCC(=O)N2CC(=O)N(C)CC(c1ccc(-c2ccccc2)cc1)N1CCOCC1. The molecule has 39 heavy (non-hydrogen) atoms. The summed E-state index contributed by atoms with van der Waals surface area (Å²) in [6, 6.07) is 22.5. The highest BCUT2D eigenvalue weighted by Crippen LogP contribution is 2.37. The fraction of sp³-hybridized carbons (Fsp3) is 0.355. The van der Waals surface area contributed by atoms with Crippen molar-refractivity contribution in [3.8, 4) is 22.6 Å². The average molecular weight is 530 g/mol. The van der Waals surface area contributed by atoms with Crippen molar-refractivity contribution in [2.45, 2.75) is 13.0 Å². The second-order valence-electron chi connectivity index (χ2n) is 9.98. The normalized spacial score (nSPS) is 16.3. The minimum Gasteiger partial charge on any atom is -0.496 e. The van der Waals surface area contributed by atoms with Crippen LogP contribution in [0.25, 0.3) is 11.1 Å². The molecular weight excluding hydrogens is 494 g/mol. The van der Waals surface area contributed by atoms with E-state index < -0.39 is 0 Å². The molecule has 1 fully saturated rings. The number of aryl methyl sites for hydroxylation is 1. The number of nitrogens with zero attached hydrogens (tertiary/aromatic N) is 3. The van der Waals surface area contributed by atoms with Crippen molar-refractivity contribution < 1.29 is 23.8 Å². The van der Waals surface area contributed by atoms with E-state index in [9.17, 15) is 9.59 Å². The number of carbonyl (C=O) groups excluding carboxylic acids is 2. The lowest BCUT2D eigenvalue weighted by Gasteiger charge is -2.37. The largest absolute Gasteiger partial charge is 0.496 e. The summed E-state index contributed by atoms with van der Waals surface area (Å²) in [5, 5.41) is 0. The molecule has 0 saturated carbocycles. The summed E-state index contributed by atoms with van der Waals surface area (Å²) in [6.45, 7) is 5.16. The Morgan fingerprint density at radius 1 is 1.03 bits per heavy atom. The van der Waals surface area contributed by atoms with E-state index in [4.69, 9.17) is 14.2 Å². The van der Waals surface area contributed by atoms with Crippen molar-refractivity contribution in [3.05, 3.63) is 77.9 Å². The fourth-order valence-corrected chi connectivity index (χ4v) is 5.19. The Bertz CT molecular complexity index is 1310. The van der Waals surface area contributed by atoms with Crippen LogP contribution in [0, 0.1) is 6.92 Å². The Balaban J connectivity index is 1.34. The Hall–Kier alpha value is -3.88. The number of morpholine rings is 1. The molecule has 8 nitrogen and oxygen atoms in total. The van der Waals surface area contributed by atoms with Gasteiger partial charge in [-0.2, -0.15) is 0 Å². The zero-order valence-electron chi connectivity index (χ0n) is 22.8. The average Bonchev–Trinajstić information content (AvgIpc) is 2.98. The van der Waals surface area contributed by atoms with Crippen LogP contribution in [0.15, 0.2) is 66.7 Å². The van der Waals surface area contributed by atoms with Gasteiger partial charge in [0.15, 0.2) is 6.61 Å². The molecule has 3 aromatic rings. The van der Waals surface area contributed by atoms with Gasteiger partial charge < -0.3 is 19.1 Å². The van der Waals surface area contributed by atoms with Crippen LogP contribution >= 0.6 is 0 Å². The summed E-state index contributed by atoms with van der Waals surface area (Å²) in [6.07, 6.45) is 0. The molecule has 8 heteroatoms. The second kappa shape index (κ2) is 11.9. The van der Waals surface area contributed by atoms with Crippen LogP contribution in [0.5, 0.6) is 11.5 Å². The number of likely N-dealkylation sites (N-methyl/N-ethyl adjacent to an activating group) is 1. The number of carbonyl (C=O) groups is 2. The third kappa shape index (κ3) is 5.92. The van der Waals surface area contributed by atoms with Gasteiger partial charge in [0, 0.05) is 32.7 Å². The van der Waals surface area contributed by atoms with Gasteiger partial charge in [-0.05, 0) is 35.2 Å². The number of amides is 2. The Labute approximate surface area is 229 Å². The molecule has 0 aliphatic carbocycles. The molecule has 5 rings (SSSR count). The number of benzene rings is 3. The monoisotopic (exact) mass is 529 g/mol. The number of hydrogen-bond donors (Lipinski definition) is 0. The molecule has 2 heterocycles. The van der Waals surface area contributed by atoms with Gasteiger partial charge in [-0.3, -0.25) is 19.4 Å². The third-order valence-electron chi connectivity index (χ3n) is 7.47. The number of hydrogen-bond acceptors (Lipinski definition) is 6. The first-order valence-electron chi connectivity index (χ1n) is 13.3. The van der Waals surface area contributed by atoms with Gasteiger partial charge >= 0.3 is 0 Å². The lowest BCUT2D eigenvalue weighted by molar-refractivity contribution is -0.131. The van der Waals surface area contributed by atoms with E-state index in [-0.39, 0.29) is 31.0 Å². The van der Waals surface area contributed by atoms with Gasteiger partial charge in [-0.25, -0.2) is 0 Å². The summed E-state index contributed by atoms with van der Waals surface area (Å²) in [7, 11) is 3.39. The first-order chi connectivity index (χ1) is 18.9. The number of ether oxygens (including phenoxy) is 3. The number of anilines is 1. The zero-order valence-corrected chi connectivity index (χ0v) is 22.8. The highest BCUT2D eigenvalue weighted by molar-refractivity contribution is 6.02. The molecule has 0 N–H and O–H groups in total. The van der Waals surface area contributed by atoms with Crippen LogP contribution in [-0.2, 0) is 14.3 Å². The number of rotatable bonds is 8. The van der Waals surface area contributed by atoms with Crippen LogP contribution in [0.3, 0.4) is 0 Å². The molecule has 2 aliphatic rings. The zero-order chi connectivity index (χ0) is 27.4. The van der Waals surface area contributed by atoms with E-state index in [1.165, 1.54) is 10.5 Å². The number of fused-ring (bicyclic) bond motifs is 1. The topological polar surface area (TPSA) is 71.6 Å². The quantitative estimate of drug-likeness (QED) is 0.441. The Kier molecular flexibility index (Phi) is 8.14. The smallest absolute Gasteiger partial charge is 0.265 e. The maximum atomic E-state index is 13.5. The standard InChI is InChI=1S/C31H35N3O5/c1-22-17-29-26(18-28(22)37-3)34(31(36)21-39-29)20-30(35)32(2)19-27(33-13-15-38-16-14-33)25-11-9-24(10-12-25)23-7-5-4-6-8-23/h4-12,17-18,27H,13-16,19-21H2,1-3H3. The molecule has 0 aromatic heterocycles. The molecule has 1 atom stereocenters. The van der Waals surface area contributed by atoms with Crippen molar-refractivity contribution in [2.24, 2.45) is 0 Å². The van der Waals surface area contributed by atoms with Crippen LogP contribution in [0.4, 0.5) is 5.69 Å². The first kappa shape index (κ1) is 26.7. The van der Waals surface area contributed by atoms with E-state index in [0.717, 1.165) is 29.8 Å². The summed E-state index contributed by atoms with van der Waals surface area (Å²) in [5.41, 5.74) is 4.92. The molecule has 0 spiro atoms. The van der Waals surface area contributed by atoms with Gasteiger partial charge in [-0.1, -0.05) is 54.6 Å². The van der Waals surface area contributed by atoms with Crippen molar-refractivity contribution in [1.82, 2.24) is 9.80 Å². The summed E-state index contributed by atoms with van der Waals surface area (Å²) >= 11 is 0. The molecule has 1 unspecified atom stereocenters. The fourth-order valence-electron chi connectivity index (χ4n) is 5.19. The van der Waals surface area contributed by atoms with Crippen molar-refractivity contribution in [1.29, 1.82) is 0 Å². The minimum absolute atomic E-state index is 0.00286. The van der Waals surface area contributed by atoms with E-state index in [1.807, 2.05) is 31.2 Å². The molecular formula is C31H35N3O5. The molecule has 2 amide bonds. The summed E-state index contributed by atoms with van der Waals surface area (Å²) < 4.78 is 16.7. The van der Waals surface area contributed by atoms with E-state index in [0.29, 0.717) is 36.9 Å². The maximum Gasteiger partial charge on any atom is 0.265 e. The second-order valence-corrected chi connectivity index (χ2v) is 9.98.